The Bertz CT molecular complexity index is 246. The monoisotopic (exact) mass is 241 g/mol. The van der Waals surface area contributed by atoms with Crippen LogP contribution in [0.4, 0.5) is 4.79 Å². The van der Waals surface area contributed by atoms with E-state index in [1.807, 2.05) is 7.05 Å². The van der Waals surface area contributed by atoms with Crippen LogP contribution in [-0.4, -0.2) is 56.4 Å². The minimum atomic E-state index is -0.126. The third-order valence-corrected chi connectivity index (χ3v) is 3.73. The molecule has 1 saturated heterocycles. The summed E-state index contributed by atoms with van der Waals surface area (Å²) in [6, 6.07) is 0.601. The molecule has 1 aliphatic heterocycles. The van der Waals surface area contributed by atoms with E-state index in [0.29, 0.717) is 6.04 Å². The molecule has 2 aliphatic rings. The molecular formula is C12H23N3O2. The van der Waals surface area contributed by atoms with Gasteiger partial charge in [-0.2, -0.15) is 0 Å². The zero-order valence-electron chi connectivity index (χ0n) is 10.6. The molecule has 1 amide bonds. The van der Waals surface area contributed by atoms with Crippen LogP contribution in [0, 0.1) is 0 Å². The van der Waals surface area contributed by atoms with E-state index >= 15 is 0 Å². The van der Waals surface area contributed by atoms with Crippen LogP contribution in [0.1, 0.15) is 25.7 Å². The Morgan fingerprint density at radius 2 is 1.88 bits per heavy atom. The number of carbonyl (C=O) groups excluding carboxylic acids is 1. The second-order valence-electron chi connectivity index (χ2n) is 4.88. The summed E-state index contributed by atoms with van der Waals surface area (Å²) in [4.78, 5) is 13.7. The molecule has 0 aromatic rings. The number of nitrogens with one attached hydrogen (secondary N) is 2. The van der Waals surface area contributed by atoms with Crippen LogP contribution in [0.5, 0.6) is 0 Å². The fourth-order valence-electron chi connectivity index (χ4n) is 2.53. The normalized spacial score (nSPS) is 30.1. The number of hydrogen-bond acceptors (Lipinski definition) is 4. The number of hydrogen-bond donors (Lipinski definition) is 2. The van der Waals surface area contributed by atoms with E-state index in [2.05, 4.69) is 10.6 Å². The Kier molecular flexibility index (Phi) is 4.62. The van der Waals surface area contributed by atoms with E-state index in [1.165, 1.54) is 0 Å². The third kappa shape index (κ3) is 3.57. The fourth-order valence-corrected chi connectivity index (χ4v) is 2.53. The van der Waals surface area contributed by atoms with Crippen LogP contribution in [0.15, 0.2) is 0 Å². The van der Waals surface area contributed by atoms with E-state index in [9.17, 15) is 4.79 Å². The highest BCUT2D eigenvalue weighted by Gasteiger charge is 2.25. The summed E-state index contributed by atoms with van der Waals surface area (Å²) >= 11 is 0. The molecule has 5 nitrogen and oxygen atoms in total. The molecule has 0 aromatic carbocycles. The molecule has 98 valence electrons. The van der Waals surface area contributed by atoms with Crippen LogP contribution in [0.2, 0.25) is 0 Å². The van der Waals surface area contributed by atoms with Crippen molar-refractivity contribution in [2.24, 2.45) is 0 Å². The summed E-state index contributed by atoms with van der Waals surface area (Å²) < 4.78 is 5.56. The molecule has 1 aliphatic carbocycles. The lowest BCUT2D eigenvalue weighted by Gasteiger charge is -2.32. The summed E-state index contributed by atoms with van der Waals surface area (Å²) in [7, 11) is 2.00. The van der Waals surface area contributed by atoms with Crippen molar-refractivity contribution in [3.05, 3.63) is 0 Å². The van der Waals surface area contributed by atoms with Crippen LogP contribution in [0.3, 0.4) is 0 Å². The first-order chi connectivity index (χ1) is 8.29. The summed E-state index contributed by atoms with van der Waals surface area (Å²) in [5, 5.41) is 6.51. The van der Waals surface area contributed by atoms with E-state index in [0.717, 1.165) is 51.9 Å². The Balaban J connectivity index is 1.71. The number of nitrogens with zero attached hydrogens (tertiary/aromatic N) is 1. The standard InChI is InChI=1S/C12H23N3O2/c1-13-10-2-4-11(5-3-10)17-12(16)15-8-6-14-7-9-15/h10-11,13-14H,2-9H2,1H3. The molecule has 1 saturated carbocycles. The molecule has 2 fully saturated rings. The zero-order chi connectivity index (χ0) is 12.1. The van der Waals surface area contributed by atoms with Crippen molar-refractivity contribution < 1.29 is 9.53 Å². The van der Waals surface area contributed by atoms with Gasteiger partial charge in [0.15, 0.2) is 0 Å². The molecule has 2 N–H and O–H groups in total. The van der Waals surface area contributed by atoms with E-state index in [-0.39, 0.29) is 12.2 Å². The van der Waals surface area contributed by atoms with Crippen molar-refractivity contribution in [3.63, 3.8) is 0 Å². The lowest BCUT2D eigenvalue weighted by atomic mass is 9.93. The molecule has 2 rings (SSSR count). The van der Waals surface area contributed by atoms with Gasteiger partial charge in [0.1, 0.15) is 6.10 Å². The van der Waals surface area contributed by atoms with Crippen LogP contribution in [0.25, 0.3) is 0 Å². The number of amides is 1. The largest absolute Gasteiger partial charge is 0.446 e. The molecule has 0 unspecified atom stereocenters. The van der Waals surface area contributed by atoms with Crippen molar-refractivity contribution in [3.8, 4) is 0 Å². The first-order valence-electron chi connectivity index (χ1n) is 6.63. The average Bonchev–Trinajstić information content (AvgIpc) is 2.40. The molecule has 17 heavy (non-hydrogen) atoms. The molecule has 1 heterocycles. The Hall–Kier alpha value is -0.810. The fraction of sp³-hybridized carbons (Fsp3) is 0.917. The second-order valence-corrected chi connectivity index (χ2v) is 4.88. The maximum Gasteiger partial charge on any atom is 0.410 e. The number of rotatable bonds is 2. The van der Waals surface area contributed by atoms with Crippen molar-refractivity contribution in [2.45, 2.75) is 37.8 Å². The summed E-state index contributed by atoms with van der Waals surface area (Å²) in [6.45, 7) is 3.29. The van der Waals surface area contributed by atoms with Crippen LogP contribution < -0.4 is 10.6 Å². The van der Waals surface area contributed by atoms with Crippen molar-refractivity contribution in [2.75, 3.05) is 33.2 Å². The van der Waals surface area contributed by atoms with Crippen LogP contribution >= 0.6 is 0 Å². The summed E-state index contributed by atoms with van der Waals surface area (Å²) in [6.07, 6.45) is 4.19. The lowest BCUT2D eigenvalue weighted by Crippen LogP contribution is -2.47. The van der Waals surface area contributed by atoms with Gasteiger partial charge >= 0.3 is 6.09 Å². The average molecular weight is 241 g/mol. The van der Waals surface area contributed by atoms with Gasteiger partial charge in [-0.3, -0.25) is 0 Å². The number of carbonyl (C=O) groups is 1. The van der Waals surface area contributed by atoms with Crippen LogP contribution in [-0.2, 0) is 4.74 Å². The van der Waals surface area contributed by atoms with Gasteiger partial charge in [0.25, 0.3) is 0 Å². The topological polar surface area (TPSA) is 53.6 Å². The van der Waals surface area contributed by atoms with Crippen molar-refractivity contribution >= 4 is 6.09 Å². The van der Waals surface area contributed by atoms with E-state index in [4.69, 9.17) is 4.74 Å². The minimum absolute atomic E-state index is 0.126. The highest BCUT2D eigenvalue weighted by molar-refractivity contribution is 5.68. The maximum atomic E-state index is 11.9. The summed E-state index contributed by atoms with van der Waals surface area (Å²) in [5.41, 5.74) is 0. The summed E-state index contributed by atoms with van der Waals surface area (Å²) in [5.74, 6) is 0. The molecular weight excluding hydrogens is 218 g/mol. The van der Waals surface area contributed by atoms with E-state index in [1.54, 1.807) is 4.90 Å². The van der Waals surface area contributed by atoms with Gasteiger partial charge in [-0.15, -0.1) is 0 Å². The van der Waals surface area contributed by atoms with Gasteiger partial charge in [0, 0.05) is 32.2 Å². The molecule has 0 radical (unpaired) electrons. The number of piperazine rings is 1. The number of ether oxygens (including phenoxy) is 1. The minimum Gasteiger partial charge on any atom is -0.446 e. The first kappa shape index (κ1) is 12.6. The van der Waals surface area contributed by atoms with Gasteiger partial charge < -0.3 is 20.3 Å². The molecule has 0 bridgehead atoms. The second kappa shape index (κ2) is 6.21. The van der Waals surface area contributed by atoms with Gasteiger partial charge in [0.2, 0.25) is 0 Å². The molecule has 5 heteroatoms. The molecule has 0 atom stereocenters. The Labute approximate surface area is 103 Å². The highest BCUT2D eigenvalue weighted by atomic mass is 16.6. The predicted octanol–water partition coefficient (Wildman–Crippen LogP) is 0.559. The van der Waals surface area contributed by atoms with Gasteiger partial charge in [-0.1, -0.05) is 0 Å². The zero-order valence-corrected chi connectivity index (χ0v) is 10.6. The van der Waals surface area contributed by atoms with Crippen molar-refractivity contribution in [1.82, 2.24) is 15.5 Å². The van der Waals surface area contributed by atoms with E-state index < -0.39 is 0 Å². The van der Waals surface area contributed by atoms with Gasteiger partial charge in [-0.05, 0) is 32.7 Å². The predicted molar refractivity (Wildman–Crippen MR) is 66.0 cm³/mol. The lowest BCUT2D eigenvalue weighted by molar-refractivity contribution is 0.0393. The first-order valence-corrected chi connectivity index (χ1v) is 6.63. The molecule has 0 aromatic heterocycles. The maximum absolute atomic E-state index is 11.9. The van der Waals surface area contributed by atoms with Crippen molar-refractivity contribution in [1.29, 1.82) is 0 Å². The van der Waals surface area contributed by atoms with Gasteiger partial charge in [-0.25, -0.2) is 4.79 Å². The Morgan fingerprint density at radius 1 is 1.24 bits per heavy atom. The Morgan fingerprint density at radius 3 is 2.47 bits per heavy atom. The third-order valence-electron chi connectivity index (χ3n) is 3.73. The molecule has 0 spiro atoms. The quantitative estimate of drug-likeness (QED) is 0.741. The smallest absolute Gasteiger partial charge is 0.410 e. The highest BCUT2D eigenvalue weighted by Crippen LogP contribution is 2.21. The van der Waals surface area contributed by atoms with Gasteiger partial charge in [0.05, 0.1) is 0 Å². The SMILES string of the molecule is CNC1CCC(OC(=O)N2CCNCC2)CC1.